The molecule has 138 valence electrons. The van der Waals surface area contributed by atoms with Gasteiger partial charge in [0.15, 0.2) is 11.9 Å². The maximum absolute atomic E-state index is 12.3. The number of ether oxygens (including phenoxy) is 3. The number of aromatic nitrogens is 1. The summed E-state index contributed by atoms with van der Waals surface area (Å²) < 4.78 is 15.4. The monoisotopic (exact) mass is 398 g/mol. The molecule has 0 saturated carbocycles. The summed E-state index contributed by atoms with van der Waals surface area (Å²) in [6, 6.07) is 6.05. The molecular weight excluding hydrogens is 383 g/mol. The van der Waals surface area contributed by atoms with Gasteiger partial charge in [0.2, 0.25) is 0 Å². The number of hydrogen-bond acceptors (Lipinski definition) is 6. The van der Waals surface area contributed by atoms with E-state index in [-0.39, 0.29) is 22.2 Å². The molecular formula is C17H16Cl2N2O5. The summed E-state index contributed by atoms with van der Waals surface area (Å²) in [5.41, 5.74) is 0.163. The lowest BCUT2D eigenvalue weighted by atomic mass is 10.2. The Bertz CT molecular complexity index is 829. The van der Waals surface area contributed by atoms with Crippen molar-refractivity contribution in [2.45, 2.75) is 13.0 Å². The lowest BCUT2D eigenvalue weighted by Crippen LogP contribution is -2.30. The third-order valence-corrected chi connectivity index (χ3v) is 3.83. The van der Waals surface area contributed by atoms with Gasteiger partial charge < -0.3 is 19.5 Å². The van der Waals surface area contributed by atoms with Gasteiger partial charge in [-0.25, -0.2) is 9.78 Å². The van der Waals surface area contributed by atoms with Gasteiger partial charge >= 0.3 is 5.97 Å². The van der Waals surface area contributed by atoms with E-state index >= 15 is 0 Å². The van der Waals surface area contributed by atoms with Crippen molar-refractivity contribution in [3.63, 3.8) is 0 Å². The van der Waals surface area contributed by atoms with Gasteiger partial charge in [-0.15, -0.1) is 0 Å². The average Bonchev–Trinajstić information content (AvgIpc) is 2.63. The van der Waals surface area contributed by atoms with E-state index in [1.54, 1.807) is 12.1 Å². The summed E-state index contributed by atoms with van der Waals surface area (Å²) in [4.78, 5) is 28.4. The molecule has 0 aliphatic heterocycles. The first-order valence-electron chi connectivity index (χ1n) is 7.40. The Hall–Kier alpha value is -2.51. The van der Waals surface area contributed by atoms with E-state index in [9.17, 15) is 9.59 Å². The van der Waals surface area contributed by atoms with Crippen LogP contribution in [-0.4, -0.2) is 37.2 Å². The van der Waals surface area contributed by atoms with Gasteiger partial charge in [0, 0.05) is 12.3 Å². The number of carbonyl (C=O) groups is 2. The van der Waals surface area contributed by atoms with E-state index in [0.29, 0.717) is 10.8 Å². The van der Waals surface area contributed by atoms with E-state index in [1.807, 2.05) is 0 Å². The van der Waals surface area contributed by atoms with E-state index in [4.69, 9.17) is 37.4 Å². The molecule has 0 spiro atoms. The first-order chi connectivity index (χ1) is 12.3. The molecule has 1 heterocycles. The van der Waals surface area contributed by atoms with Crippen LogP contribution in [0.1, 0.15) is 17.3 Å². The van der Waals surface area contributed by atoms with Crippen molar-refractivity contribution in [3.8, 4) is 11.5 Å². The lowest BCUT2D eigenvalue weighted by molar-refractivity contribution is -0.123. The van der Waals surface area contributed by atoms with Crippen LogP contribution in [0, 0.1) is 0 Å². The molecule has 1 atom stereocenters. The van der Waals surface area contributed by atoms with Crippen molar-refractivity contribution < 1.29 is 23.8 Å². The van der Waals surface area contributed by atoms with Crippen LogP contribution in [-0.2, 0) is 9.53 Å². The SMILES string of the molecule is COc1ccc(C(=O)OC(C)C(=O)Nc2ncc(Cl)cc2Cl)c(OC)c1. The Morgan fingerprint density at radius 1 is 1.15 bits per heavy atom. The number of rotatable bonds is 6. The number of halogens is 2. The van der Waals surface area contributed by atoms with Crippen molar-refractivity contribution in [2.75, 3.05) is 19.5 Å². The number of nitrogens with one attached hydrogen (secondary N) is 1. The predicted molar refractivity (Wildman–Crippen MR) is 97.3 cm³/mol. The number of methoxy groups -OCH3 is 2. The van der Waals surface area contributed by atoms with Crippen LogP contribution < -0.4 is 14.8 Å². The summed E-state index contributed by atoms with van der Waals surface area (Å²) in [6.07, 6.45) is 0.241. The predicted octanol–water partition coefficient (Wildman–Crippen LogP) is 3.59. The van der Waals surface area contributed by atoms with Crippen LogP contribution in [0.4, 0.5) is 5.82 Å². The molecule has 0 saturated heterocycles. The maximum Gasteiger partial charge on any atom is 0.342 e. The molecule has 0 bridgehead atoms. The zero-order valence-electron chi connectivity index (χ0n) is 14.2. The fraction of sp³-hybridized carbons (Fsp3) is 0.235. The van der Waals surface area contributed by atoms with Crippen molar-refractivity contribution in [1.82, 2.24) is 4.98 Å². The van der Waals surface area contributed by atoms with Crippen molar-refractivity contribution in [1.29, 1.82) is 0 Å². The highest BCUT2D eigenvalue weighted by Gasteiger charge is 2.22. The van der Waals surface area contributed by atoms with Crippen LogP contribution in [0.15, 0.2) is 30.5 Å². The molecule has 1 aromatic heterocycles. The second kappa shape index (κ2) is 8.73. The van der Waals surface area contributed by atoms with Crippen LogP contribution >= 0.6 is 23.2 Å². The quantitative estimate of drug-likeness (QED) is 0.748. The summed E-state index contributed by atoms with van der Waals surface area (Å²) >= 11 is 11.7. The smallest absolute Gasteiger partial charge is 0.342 e. The van der Waals surface area contributed by atoms with Crippen molar-refractivity contribution in [3.05, 3.63) is 46.1 Å². The third-order valence-electron chi connectivity index (χ3n) is 3.33. The minimum Gasteiger partial charge on any atom is -0.497 e. The third kappa shape index (κ3) is 4.77. The van der Waals surface area contributed by atoms with Gasteiger partial charge in [0.05, 0.1) is 24.3 Å². The number of esters is 1. The highest BCUT2D eigenvalue weighted by molar-refractivity contribution is 6.36. The Balaban J connectivity index is 2.07. The first-order valence-corrected chi connectivity index (χ1v) is 8.16. The summed E-state index contributed by atoms with van der Waals surface area (Å²) in [5, 5.41) is 2.97. The number of carbonyl (C=O) groups excluding carboxylic acids is 2. The molecule has 1 unspecified atom stereocenters. The van der Waals surface area contributed by atoms with E-state index in [0.717, 1.165) is 0 Å². The highest BCUT2D eigenvalue weighted by Crippen LogP contribution is 2.26. The van der Waals surface area contributed by atoms with Gasteiger partial charge in [-0.3, -0.25) is 4.79 Å². The standard InChI is InChI=1S/C17H16Cl2N2O5/c1-9(16(22)21-15-13(19)6-10(18)8-20-15)26-17(23)12-5-4-11(24-2)7-14(12)25-3/h4-9H,1-3H3,(H,20,21,22). The number of amides is 1. The maximum atomic E-state index is 12.3. The Labute approximate surface area is 160 Å². The minimum absolute atomic E-state index is 0.117. The van der Waals surface area contributed by atoms with E-state index in [1.165, 1.54) is 39.5 Å². The fourth-order valence-electron chi connectivity index (χ4n) is 1.97. The molecule has 1 aromatic carbocycles. The normalized spacial score (nSPS) is 11.4. The lowest BCUT2D eigenvalue weighted by Gasteiger charge is -2.15. The Morgan fingerprint density at radius 2 is 1.88 bits per heavy atom. The molecule has 1 N–H and O–H groups in total. The Morgan fingerprint density at radius 3 is 2.50 bits per heavy atom. The zero-order valence-corrected chi connectivity index (χ0v) is 15.7. The summed E-state index contributed by atoms with van der Waals surface area (Å²) in [6.45, 7) is 1.42. The molecule has 0 aliphatic rings. The van der Waals surface area contributed by atoms with E-state index < -0.39 is 18.0 Å². The summed E-state index contributed by atoms with van der Waals surface area (Å²) in [7, 11) is 2.91. The van der Waals surface area contributed by atoms with Gasteiger partial charge in [-0.1, -0.05) is 23.2 Å². The molecule has 2 aromatic rings. The molecule has 0 aliphatic carbocycles. The second-order valence-corrected chi connectivity index (χ2v) is 5.93. The number of anilines is 1. The average molecular weight is 399 g/mol. The van der Waals surface area contributed by atoms with Crippen molar-refractivity contribution >= 4 is 40.9 Å². The van der Waals surface area contributed by atoms with Crippen LogP contribution in [0.2, 0.25) is 10.0 Å². The largest absolute Gasteiger partial charge is 0.497 e. The summed E-state index contributed by atoms with van der Waals surface area (Å²) in [5.74, 6) is -0.409. The molecule has 2 rings (SSSR count). The van der Waals surface area contributed by atoms with Gasteiger partial charge in [0.25, 0.3) is 5.91 Å². The molecule has 0 radical (unpaired) electrons. The first kappa shape index (κ1) is 19.8. The van der Waals surface area contributed by atoms with Crippen molar-refractivity contribution in [2.24, 2.45) is 0 Å². The van der Waals surface area contributed by atoms with Crippen LogP contribution in [0.25, 0.3) is 0 Å². The number of benzene rings is 1. The second-order valence-electron chi connectivity index (χ2n) is 5.09. The van der Waals surface area contributed by atoms with Gasteiger partial charge in [0.1, 0.15) is 17.1 Å². The fourth-order valence-corrected chi connectivity index (χ4v) is 2.40. The molecule has 0 fully saturated rings. The molecule has 9 heteroatoms. The zero-order chi connectivity index (χ0) is 19.3. The highest BCUT2D eigenvalue weighted by atomic mass is 35.5. The molecule has 7 nitrogen and oxygen atoms in total. The minimum atomic E-state index is -1.09. The molecule has 1 amide bonds. The van der Waals surface area contributed by atoms with Gasteiger partial charge in [-0.2, -0.15) is 0 Å². The number of nitrogens with zero attached hydrogens (tertiary/aromatic N) is 1. The molecule has 26 heavy (non-hydrogen) atoms. The van der Waals surface area contributed by atoms with E-state index in [2.05, 4.69) is 10.3 Å². The number of hydrogen-bond donors (Lipinski definition) is 1. The van der Waals surface area contributed by atoms with Crippen LogP contribution in [0.5, 0.6) is 11.5 Å². The van der Waals surface area contributed by atoms with Crippen LogP contribution in [0.3, 0.4) is 0 Å². The number of pyridine rings is 1. The Kier molecular flexibility index (Phi) is 6.65. The topological polar surface area (TPSA) is 86.8 Å². The van der Waals surface area contributed by atoms with Gasteiger partial charge in [-0.05, 0) is 25.1 Å².